The number of hydrogen-bond acceptors (Lipinski definition) is 3. The van der Waals surface area contributed by atoms with E-state index in [4.69, 9.17) is 4.42 Å². The van der Waals surface area contributed by atoms with Crippen molar-refractivity contribution in [2.24, 2.45) is 0 Å². The second-order valence-electron chi connectivity index (χ2n) is 4.39. The minimum absolute atomic E-state index is 0.240. The second kappa shape index (κ2) is 5.93. The largest absolute Gasteiger partial charge is 0.443 e. The number of benzene rings is 1. The number of nitrogens with zero attached hydrogens (tertiary/aromatic N) is 1. The maximum atomic E-state index is 13.8. The van der Waals surface area contributed by atoms with E-state index >= 15 is 0 Å². The van der Waals surface area contributed by atoms with Gasteiger partial charge in [-0.05, 0) is 31.5 Å². The number of halogens is 2. The van der Waals surface area contributed by atoms with Crippen LogP contribution in [0.15, 0.2) is 22.9 Å². The molecule has 2 aromatic rings. The molecule has 0 amide bonds. The topological polar surface area (TPSA) is 38.1 Å². The Labute approximate surface area is 110 Å². The third-order valence-corrected chi connectivity index (χ3v) is 2.85. The van der Waals surface area contributed by atoms with Crippen molar-refractivity contribution >= 4 is 0 Å². The van der Waals surface area contributed by atoms with Crippen LogP contribution in [-0.4, -0.2) is 11.5 Å². The lowest BCUT2D eigenvalue weighted by Gasteiger charge is -2.06. The lowest BCUT2D eigenvalue weighted by molar-refractivity contribution is 0.550. The molecule has 0 bridgehead atoms. The van der Waals surface area contributed by atoms with Crippen LogP contribution in [0.2, 0.25) is 0 Å². The zero-order chi connectivity index (χ0) is 13.8. The third kappa shape index (κ3) is 2.98. The van der Waals surface area contributed by atoms with E-state index in [1.54, 1.807) is 6.92 Å². The van der Waals surface area contributed by atoms with Gasteiger partial charge in [0.05, 0.1) is 5.56 Å². The van der Waals surface area contributed by atoms with Crippen molar-refractivity contribution in [3.05, 3.63) is 41.4 Å². The molecule has 2 rings (SSSR count). The van der Waals surface area contributed by atoms with Crippen molar-refractivity contribution in [2.75, 3.05) is 6.54 Å². The molecule has 0 aliphatic carbocycles. The molecule has 1 aromatic carbocycles. The van der Waals surface area contributed by atoms with Gasteiger partial charge in [0, 0.05) is 12.6 Å². The Hall–Kier alpha value is -1.75. The molecule has 1 heterocycles. The fourth-order valence-electron chi connectivity index (χ4n) is 1.83. The molecule has 19 heavy (non-hydrogen) atoms. The van der Waals surface area contributed by atoms with Gasteiger partial charge in [-0.1, -0.05) is 6.92 Å². The van der Waals surface area contributed by atoms with Gasteiger partial charge in [0.25, 0.3) is 0 Å². The summed E-state index contributed by atoms with van der Waals surface area (Å²) in [7, 11) is 0. The summed E-state index contributed by atoms with van der Waals surface area (Å²) >= 11 is 0. The van der Waals surface area contributed by atoms with Crippen LogP contribution in [0.1, 0.15) is 24.6 Å². The van der Waals surface area contributed by atoms with Crippen LogP contribution in [-0.2, 0) is 6.54 Å². The fourth-order valence-corrected chi connectivity index (χ4v) is 1.83. The first-order valence-corrected chi connectivity index (χ1v) is 6.22. The first-order chi connectivity index (χ1) is 9.13. The molecule has 1 aromatic heterocycles. The van der Waals surface area contributed by atoms with E-state index in [0.717, 1.165) is 19.0 Å². The zero-order valence-electron chi connectivity index (χ0n) is 11.0. The molecular formula is C14H16F2N2O. The Balaban J connectivity index is 2.32. The highest BCUT2D eigenvalue weighted by Crippen LogP contribution is 2.28. The van der Waals surface area contributed by atoms with Gasteiger partial charge in [-0.3, -0.25) is 0 Å². The van der Waals surface area contributed by atoms with Crippen molar-refractivity contribution in [3.8, 4) is 11.3 Å². The molecule has 0 unspecified atom stereocenters. The minimum Gasteiger partial charge on any atom is -0.443 e. The molecule has 102 valence electrons. The average Bonchev–Trinajstić information content (AvgIpc) is 2.82. The van der Waals surface area contributed by atoms with Crippen molar-refractivity contribution in [3.63, 3.8) is 0 Å². The van der Waals surface area contributed by atoms with Gasteiger partial charge in [-0.25, -0.2) is 13.8 Å². The molecule has 0 fully saturated rings. The average molecular weight is 266 g/mol. The van der Waals surface area contributed by atoms with E-state index in [9.17, 15) is 8.78 Å². The summed E-state index contributed by atoms with van der Waals surface area (Å²) in [5.41, 5.74) is 1.24. The van der Waals surface area contributed by atoms with Crippen LogP contribution in [0, 0.1) is 18.6 Å². The Morgan fingerprint density at radius 1 is 1.26 bits per heavy atom. The van der Waals surface area contributed by atoms with Gasteiger partial charge >= 0.3 is 0 Å². The third-order valence-electron chi connectivity index (χ3n) is 2.85. The maximum absolute atomic E-state index is 13.8. The van der Waals surface area contributed by atoms with Gasteiger partial charge < -0.3 is 9.73 Å². The van der Waals surface area contributed by atoms with Gasteiger partial charge in [0.15, 0.2) is 12.2 Å². The SMILES string of the molecule is CCCNCc1ncoc1-c1cc(C)c(F)cc1F. The van der Waals surface area contributed by atoms with E-state index in [1.807, 2.05) is 0 Å². The van der Waals surface area contributed by atoms with Crippen LogP contribution in [0.5, 0.6) is 0 Å². The summed E-state index contributed by atoms with van der Waals surface area (Å²) in [6.45, 7) is 4.98. The smallest absolute Gasteiger partial charge is 0.181 e. The predicted molar refractivity (Wildman–Crippen MR) is 68.6 cm³/mol. The van der Waals surface area contributed by atoms with Crippen LogP contribution in [0.25, 0.3) is 11.3 Å². The van der Waals surface area contributed by atoms with E-state index in [2.05, 4.69) is 17.2 Å². The zero-order valence-corrected chi connectivity index (χ0v) is 11.0. The Morgan fingerprint density at radius 3 is 2.79 bits per heavy atom. The molecule has 1 N–H and O–H groups in total. The molecule has 0 saturated carbocycles. The number of aromatic nitrogens is 1. The highest BCUT2D eigenvalue weighted by Gasteiger charge is 2.16. The molecule has 5 heteroatoms. The van der Waals surface area contributed by atoms with Gasteiger partial charge in [-0.15, -0.1) is 0 Å². The van der Waals surface area contributed by atoms with Gasteiger partial charge in [0.1, 0.15) is 17.3 Å². The highest BCUT2D eigenvalue weighted by atomic mass is 19.1. The van der Waals surface area contributed by atoms with Crippen LogP contribution in [0.3, 0.4) is 0 Å². The number of hydrogen-bond donors (Lipinski definition) is 1. The molecule has 3 nitrogen and oxygen atoms in total. The molecule has 0 aliphatic rings. The second-order valence-corrected chi connectivity index (χ2v) is 4.39. The minimum atomic E-state index is -0.642. The molecule has 0 aliphatic heterocycles. The quantitative estimate of drug-likeness (QED) is 0.842. The standard InChI is InChI=1S/C14H16F2N2O/c1-3-4-17-7-13-14(19-8-18-13)10-5-9(2)11(15)6-12(10)16/h5-6,8,17H,3-4,7H2,1-2H3. The highest BCUT2D eigenvalue weighted by molar-refractivity contribution is 5.61. The molecule has 0 radical (unpaired) electrons. The van der Waals surface area contributed by atoms with Crippen molar-refractivity contribution in [1.29, 1.82) is 0 Å². The van der Waals surface area contributed by atoms with Crippen LogP contribution in [0.4, 0.5) is 8.78 Å². The maximum Gasteiger partial charge on any atom is 0.181 e. The van der Waals surface area contributed by atoms with Crippen LogP contribution < -0.4 is 5.32 Å². The molecular weight excluding hydrogens is 250 g/mol. The summed E-state index contributed by atoms with van der Waals surface area (Å²) < 4.78 is 32.3. The van der Waals surface area contributed by atoms with E-state index in [1.165, 1.54) is 12.5 Å². The van der Waals surface area contributed by atoms with Gasteiger partial charge in [-0.2, -0.15) is 0 Å². The normalized spacial score (nSPS) is 10.9. The molecule has 0 spiro atoms. The first-order valence-electron chi connectivity index (χ1n) is 6.22. The summed E-state index contributed by atoms with van der Waals surface area (Å²) in [6, 6.07) is 2.31. The summed E-state index contributed by atoms with van der Waals surface area (Å²) in [4.78, 5) is 4.07. The van der Waals surface area contributed by atoms with Crippen molar-refractivity contribution in [1.82, 2.24) is 10.3 Å². The Kier molecular flexibility index (Phi) is 4.27. The Morgan fingerprint density at radius 2 is 2.05 bits per heavy atom. The lowest BCUT2D eigenvalue weighted by Crippen LogP contribution is -2.14. The summed E-state index contributed by atoms with van der Waals surface area (Å²) in [5.74, 6) is -0.854. The lowest BCUT2D eigenvalue weighted by atomic mass is 10.1. The number of rotatable bonds is 5. The van der Waals surface area contributed by atoms with Crippen LogP contribution >= 0.6 is 0 Å². The van der Waals surface area contributed by atoms with E-state index in [0.29, 0.717) is 23.6 Å². The first kappa shape index (κ1) is 13.7. The Bertz CT molecular complexity index is 567. The number of oxazole rings is 1. The molecule has 0 saturated heterocycles. The number of aryl methyl sites for hydroxylation is 1. The van der Waals surface area contributed by atoms with Gasteiger partial charge in [0.2, 0.25) is 0 Å². The fraction of sp³-hybridized carbons (Fsp3) is 0.357. The van der Waals surface area contributed by atoms with E-state index in [-0.39, 0.29) is 5.56 Å². The summed E-state index contributed by atoms with van der Waals surface area (Å²) in [6.07, 6.45) is 2.27. The van der Waals surface area contributed by atoms with E-state index < -0.39 is 11.6 Å². The summed E-state index contributed by atoms with van der Waals surface area (Å²) in [5, 5.41) is 3.17. The predicted octanol–water partition coefficient (Wildman–Crippen LogP) is 3.43. The molecule has 0 atom stereocenters. The van der Waals surface area contributed by atoms with Crippen molar-refractivity contribution < 1.29 is 13.2 Å². The monoisotopic (exact) mass is 266 g/mol. The van der Waals surface area contributed by atoms with Crippen molar-refractivity contribution in [2.45, 2.75) is 26.8 Å². The number of nitrogens with one attached hydrogen (secondary N) is 1.